The van der Waals surface area contributed by atoms with Gasteiger partial charge in [0.25, 0.3) is 11.5 Å². The topological polar surface area (TPSA) is 77.7 Å². The predicted octanol–water partition coefficient (Wildman–Crippen LogP) is 4.80. The first-order valence-electron chi connectivity index (χ1n) is 14.1. The number of anilines is 2. The summed E-state index contributed by atoms with van der Waals surface area (Å²) in [6, 6.07) is 15.2. The molecule has 0 unspecified atom stereocenters. The van der Waals surface area contributed by atoms with Crippen molar-refractivity contribution in [1.82, 2.24) is 10.3 Å². The number of nitrogens with one attached hydrogen (secondary N) is 2. The Labute approximate surface area is 231 Å². The number of carbonyl (C=O) groups is 1. The first-order valence-corrected chi connectivity index (χ1v) is 14.1. The molecule has 39 heavy (non-hydrogen) atoms. The van der Waals surface area contributed by atoms with Gasteiger partial charge in [-0.3, -0.25) is 9.59 Å². The summed E-state index contributed by atoms with van der Waals surface area (Å²) < 4.78 is 5.65. The van der Waals surface area contributed by atoms with Crippen LogP contribution < -0.4 is 20.7 Å². The van der Waals surface area contributed by atoms with E-state index in [0.29, 0.717) is 17.2 Å². The van der Waals surface area contributed by atoms with Crippen molar-refractivity contribution in [2.45, 2.75) is 66.1 Å². The highest BCUT2D eigenvalue weighted by molar-refractivity contribution is 5.98. The van der Waals surface area contributed by atoms with Crippen LogP contribution in [0.4, 0.5) is 11.4 Å². The third-order valence-corrected chi connectivity index (χ3v) is 8.31. The van der Waals surface area contributed by atoms with Gasteiger partial charge in [-0.1, -0.05) is 24.3 Å². The maximum atomic E-state index is 13.7. The van der Waals surface area contributed by atoms with E-state index < -0.39 is 0 Å². The monoisotopic (exact) mass is 528 g/mol. The summed E-state index contributed by atoms with van der Waals surface area (Å²) in [5, 5.41) is 3.05. The van der Waals surface area contributed by atoms with Crippen molar-refractivity contribution in [3.05, 3.63) is 91.9 Å². The maximum Gasteiger partial charge on any atom is 0.253 e. The third kappa shape index (κ3) is 5.74. The highest BCUT2D eigenvalue weighted by Crippen LogP contribution is 2.35. The first-order chi connectivity index (χ1) is 18.9. The molecule has 5 rings (SSSR count). The quantitative estimate of drug-likeness (QED) is 0.461. The molecule has 0 bridgehead atoms. The lowest BCUT2D eigenvalue weighted by atomic mass is 9.97. The number of ether oxygens (including phenoxy) is 1. The van der Waals surface area contributed by atoms with Crippen molar-refractivity contribution >= 4 is 17.3 Å². The van der Waals surface area contributed by atoms with Crippen LogP contribution in [0.5, 0.6) is 0 Å². The van der Waals surface area contributed by atoms with Crippen molar-refractivity contribution in [1.29, 1.82) is 0 Å². The maximum absolute atomic E-state index is 13.7. The van der Waals surface area contributed by atoms with Gasteiger partial charge < -0.3 is 24.8 Å². The Morgan fingerprint density at radius 1 is 1.10 bits per heavy atom. The van der Waals surface area contributed by atoms with Crippen LogP contribution in [-0.4, -0.2) is 43.2 Å². The smallest absolute Gasteiger partial charge is 0.253 e. The molecule has 3 heterocycles. The van der Waals surface area contributed by atoms with Crippen LogP contribution in [0.1, 0.15) is 63.6 Å². The number of fused-ring (bicyclic) bond motifs is 1. The summed E-state index contributed by atoms with van der Waals surface area (Å²) >= 11 is 0. The molecule has 3 aromatic rings. The number of amides is 1. The largest absolute Gasteiger partial charge is 0.381 e. The van der Waals surface area contributed by atoms with E-state index in [4.69, 9.17) is 4.74 Å². The Kier molecular flexibility index (Phi) is 8.07. The molecule has 0 radical (unpaired) electrons. The van der Waals surface area contributed by atoms with E-state index >= 15 is 0 Å². The predicted molar refractivity (Wildman–Crippen MR) is 157 cm³/mol. The molecule has 1 amide bonds. The van der Waals surface area contributed by atoms with E-state index in [1.54, 1.807) is 0 Å². The number of pyridine rings is 1. The van der Waals surface area contributed by atoms with Crippen molar-refractivity contribution in [3.63, 3.8) is 0 Å². The van der Waals surface area contributed by atoms with E-state index in [-0.39, 0.29) is 18.0 Å². The highest BCUT2D eigenvalue weighted by Gasteiger charge is 2.26. The lowest BCUT2D eigenvalue weighted by molar-refractivity contribution is 0.0846. The van der Waals surface area contributed by atoms with Gasteiger partial charge in [0.2, 0.25) is 0 Å². The summed E-state index contributed by atoms with van der Waals surface area (Å²) in [5.74, 6) is -0.157. The van der Waals surface area contributed by atoms with Gasteiger partial charge in [0.1, 0.15) is 0 Å². The molecular formula is C32H40N4O3. The Hall–Kier alpha value is -3.58. The van der Waals surface area contributed by atoms with Gasteiger partial charge in [0, 0.05) is 73.6 Å². The Bertz CT molecular complexity index is 1410. The molecule has 1 aromatic heterocycles. The molecule has 7 heteroatoms. The van der Waals surface area contributed by atoms with E-state index in [9.17, 15) is 9.59 Å². The lowest BCUT2D eigenvalue weighted by Crippen LogP contribution is -2.40. The molecular weight excluding hydrogens is 488 g/mol. The summed E-state index contributed by atoms with van der Waals surface area (Å²) in [4.78, 5) is 34.0. The van der Waals surface area contributed by atoms with E-state index in [1.165, 1.54) is 11.1 Å². The highest BCUT2D eigenvalue weighted by atomic mass is 16.5. The number of rotatable bonds is 7. The van der Waals surface area contributed by atoms with Gasteiger partial charge in [-0.05, 0) is 87.4 Å². The molecule has 0 saturated carbocycles. The molecule has 2 N–H and O–H groups in total. The zero-order valence-electron chi connectivity index (χ0n) is 23.6. The number of hydrogen-bond acceptors (Lipinski definition) is 5. The molecule has 2 aliphatic heterocycles. The summed E-state index contributed by atoms with van der Waals surface area (Å²) in [5.41, 5.74) is 8.67. The van der Waals surface area contributed by atoms with Crippen LogP contribution in [0, 0.1) is 20.8 Å². The zero-order chi connectivity index (χ0) is 27.5. The van der Waals surface area contributed by atoms with Crippen molar-refractivity contribution < 1.29 is 9.53 Å². The molecule has 7 nitrogen and oxygen atoms in total. The van der Waals surface area contributed by atoms with Gasteiger partial charge in [-0.25, -0.2) is 0 Å². The second-order valence-electron chi connectivity index (χ2n) is 10.8. The second kappa shape index (κ2) is 11.7. The minimum Gasteiger partial charge on any atom is -0.381 e. The molecule has 2 aliphatic rings. The van der Waals surface area contributed by atoms with Crippen LogP contribution in [0.3, 0.4) is 0 Å². The van der Waals surface area contributed by atoms with Crippen molar-refractivity contribution in [2.75, 3.05) is 36.1 Å². The second-order valence-corrected chi connectivity index (χ2v) is 10.8. The van der Waals surface area contributed by atoms with Gasteiger partial charge in [-0.15, -0.1) is 0 Å². The number of aromatic amines is 1. The minimum atomic E-state index is -0.157. The van der Waals surface area contributed by atoms with Crippen molar-refractivity contribution in [3.8, 4) is 0 Å². The number of hydrogen-bond donors (Lipinski definition) is 2. The fraction of sp³-hybridized carbons (Fsp3) is 0.438. The minimum absolute atomic E-state index is 0.150. The number of nitrogens with zero attached hydrogens (tertiary/aromatic N) is 2. The summed E-state index contributed by atoms with van der Waals surface area (Å²) in [7, 11) is 0. The molecule has 1 saturated heterocycles. The molecule has 1 fully saturated rings. The van der Waals surface area contributed by atoms with E-state index in [0.717, 1.165) is 80.3 Å². The van der Waals surface area contributed by atoms with E-state index in [2.05, 4.69) is 57.4 Å². The van der Waals surface area contributed by atoms with Crippen LogP contribution in [0.2, 0.25) is 0 Å². The lowest BCUT2D eigenvalue weighted by Gasteiger charge is -2.38. The zero-order valence-corrected chi connectivity index (χ0v) is 23.6. The van der Waals surface area contributed by atoms with Gasteiger partial charge in [-0.2, -0.15) is 0 Å². The van der Waals surface area contributed by atoms with Gasteiger partial charge in [0.15, 0.2) is 0 Å². The van der Waals surface area contributed by atoms with Crippen LogP contribution in [0.25, 0.3) is 0 Å². The molecule has 0 atom stereocenters. The normalized spacial score (nSPS) is 15.6. The van der Waals surface area contributed by atoms with Crippen LogP contribution in [0.15, 0.2) is 47.3 Å². The number of carbonyl (C=O) groups excluding carboxylic acids is 1. The Morgan fingerprint density at radius 3 is 2.56 bits per heavy atom. The Morgan fingerprint density at radius 2 is 1.85 bits per heavy atom. The van der Waals surface area contributed by atoms with Crippen LogP contribution >= 0.6 is 0 Å². The molecule has 0 spiro atoms. The standard InChI is InChI=1S/C32H40N4O3/c1-5-36(26-11-14-39-15-12-26)30-18-27(35-13-10-24-8-6-7-9-25(24)20-35)17-28(23(30)4)31(37)33-19-29-21(2)16-22(3)34-32(29)38/h6-9,16-18,26H,5,10-15,19-20H2,1-4H3,(H,33,37)(H,34,38). The number of aryl methyl sites for hydroxylation is 2. The summed E-state index contributed by atoms with van der Waals surface area (Å²) in [6.07, 6.45) is 2.94. The SMILES string of the molecule is CCN(c1cc(N2CCc3ccccc3C2)cc(C(=O)NCc2c(C)cc(C)[nH]c2=O)c1C)C1CCOCC1. The molecule has 2 aromatic carbocycles. The fourth-order valence-electron chi connectivity index (χ4n) is 6.10. The van der Waals surface area contributed by atoms with E-state index in [1.807, 2.05) is 32.9 Å². The average molecular weight is 529 g/mol. The molecule has 0 aliphatic carbocycles. The number of benzene rings is 2. The number of aromatic nitrogens is 1. The summed E-state index contributed by atoms with van der Waals surface area (Å²) in [6.45, 7) is 12.3. The van der Waals surface area contributed by atoms with Crippen LogP contribution in [-0.2, 0) is 24.2 Å². The fourth-order valence-corrected chi connectivity index (χ4v) is 6.10. The third-order valence-electron chi connectivity index (χ3n) is 8.31. The van der Waals surface area contributed by atoms with Crippen molar-refractivity contribution in [2.24, 2.45) is 0 Å². The first kappa shape index (κ1) is 27.0. The average Bonchev–Trinajstić information content (AvgIpc) is 2.94. The number of H-pyrrole nitrogens is 1. The van der Waals surface area contributed by atoms with Gasteiger partial charge in [0.05, 0.1) is 0 Å². The molecule has 206 valence electrons. The van der Waals surface area contributed by atoms with Gasteiger partial charge >= 0.3 is 0 Å². The Balaban J connectivity index is 1.50.